The minimum atomic E-state index is 0.997. The Morgan fingerprint density at radius 1 is 1.00 bits per heavy atom. The molecule has 0 unspecified atom stereocenters. The van der Waals surface area contributed by atoms with Gasteiger partial charge in [0.25, 0.3) is 0 Å². The molecule has 2 heterocycles. The summed E-state index contributed by atoms with van der Waals surface area (Å²) < 4.78 is 0. The van der Waals surface area contributed by atoms with Gasteiger partial charge in [0, 0.05) is 11.5 Å². The molecule has 2 rings (SSSR count). The summed E-state index contributed by atoms with van der Waals surface area (Å²) in [6, 6.07) is 0. The fourth-order valence-electron chi connectivity index (χ4n) is 1.45. The SMILES string of the molecule is C1NC[C@H]2CSSC[C@@H]12. The number of fused-ring (bicyclic) bond motifs is 1. The van der Waals surface area contributed by atoms with Crippen LogP contribution in [0, 0.1) is 11.8 Å². The number of nitrogens with one attached hydrogen (secondary N) is 1. The van der Waals surface area contributed by atoms with Crippen molar-refractivity contribution in [2.45, 2.75) is 0 Å². The van der Waals surface area contributed by atoms with E-state index in [-0.39, 0.29) is 0 Å². The van der Waals surface area contributed by atoms with Gasteiger partial charge >= 0.3 is 0 Å². The van der Waals surface area contributed by atoms with Crippen LogP contribution in [0.4, 0.5) is 0 Å². The summed E-state index contributed by atoms with van der Waals surface area (Å²) in [5.41, 5.74) is 0. The van der Waals surface area contributed by atoms with Gasteiger partial charge in [-0.1, -0.05) is 21.6 Å². The van der Waals surface area contributed by atoms with E-state index < -0.39 is 0 Å². The first-order valence-corrected chi connectivity index (χ1v) is 5.91. The molecule has 9 heavy (non-hydrogen) atoms. The number of hydrogen-bond donors (Lipinski definition) is 1. The van der Waals surface area contributed by atoms with Gasteiger partial charge in [-0.05, 0) is 24.9 Å². The van der Waals surface area contributed by atoms with Crippen molar-refractivity contribution in [2.75, 3.05) is 24.6 Å². The van der Waals surface area contributed by atoms with Gasteiger partial charge in [0.15, 0.2) is 0 Å². The molecule has 2 aliphatic rings. The summed E-state index contributed by atoms with van der Waals surface area (Å²) in [5.74, 6) is 4.75. The Bertz CT molecular complexity index is 95.2. The van der Waals surface area contributed by atoms with Crippen molar-refractivity contribution in [3.8, 4) is 0 Å². The second kappa shape index (κ2) is 2.72. The molecular formula is C6H11NS2. The molecule has 0 amide bonds. The maximum atomic E-state index is 3.44. The van der Waals surface area contributed by atoms with Crippen molar-refractivity contribution in [3.63, 3.8) is 0 Å². The largest absolute Gasteiger partial charge is 0.316 e. The van der Waals surface area contributed by atoms with E-state index in [1.165, 1.54) is 24.6 Å². The summed E-state index contributed by atoms with van der Waals surface area (Å²) in [7, 11) is 4.10. The molecule has 0 spiro atoms. The summed E-state index contributed by atoms with van der Waals surface area (Å²) in [6.07, 6.45) is 0. The normalized spacial score (nSPS) is 42.7. The molecule has 0 aromatic rings. The van der Waals surface area contributed by atoms with Crippen LogP contribution in [0.5, 0.6) is 0 Å². The van der Waals surface area contributed by atoms with Gasteiger partial charge < -0.3 is 5.32 Å². The Hall–Kier alpha value is 0.660. The van der Waals surface area contributed by atoms with E-state index >= 15 is 0 Å². The fraction of sp³-hybridized carbons (Fsp3) is 1.00. The van der Waals surface area contributed by atoms with Crippen LogP contribution in [0.3, 0.4) is 0 Å². The first-order chi connectivity index (χ1) is 4.47. The summed E-state index contributed by atoms with van der Waals surface area (Å²) in [4.78, 5) is 0. The third-order valence-electron chi connectivity index (χ3n) is 2.13. The lowest BCUT2D eigenvalue weighted by atomic mass is 10.0. The average Bonchev–Trinajstić information content (AvgIpc) is 2.33. The molecule has 0 saturated carbocycles. The fourth-order valence-corrected chi connectivity index (χ4v) is 4.40. The van der Waals surface area contributed by atoms with Gasteiger partial charge in [0.1, 0.15) is 0 Å². The monoisotopic (exact) mass is 161 g/mol. The van der Waals surface area contributed by atoms with Crippen LogP contribution in [0.25, 0.3) is 0 Å². The van der Waals surface area contributed by atoms with Gasteiger partial charge in [-0.25, -0.2) is 0 Å². The van der Waals surface area contributed by atoms with E-state index in [2.05, 4.69) is 5.32 Å². The molecule has 1 N–H and O–H groups in total. The van der Waals surface area contributed by atoms with Crippen LogP contribution in [-0.2, 0) is 0 Å². The van der Waals surface area contributed by atoms with Crippen molar-refractivity contribution in [2.24, 2.45) is 11.8 Å². The maximum absolute atomic E-state index is 3.44. The number of hydrogen-bond acceptors (Lipinski definition) is 3. The van der Waals surface area contributed by atoms with Crippen LogP contribution in [-0.4, -0.2) is 24.6 Å². The van der Waals surface area contributed by atoms with Gasteiger partial charge in [-0.3, -0.25) is 0 Å². The highest BCUT2D eigenvalue weighted by Gasteiger charge is 2.29. The molecule has 0 aliphatic carbocycles. The predicted octanol–water partition coefficient (Wildman–Crippen LogP) is 1.22. The number of rotatable bonds is 0. The lowest BCUT2D eigenvalue weighted by Gasteiger charge is -2.21. The quantitative estimate of drug-likeness (QED) is 0.536. The minimum absolute atomic E-state index is 0.997. The van der Waals surface area contributed by atoms with Gasteiger partial charge in [0.2, 0.25) is 0 Å². The summed E-state index contributed by atoms with van der Waals surface area (Å²) in [6.45, 7) is 2.55. The molecule has 2 fully saturated rings. The van der Waals surface area contributed by atoms with E-state index in [1.807, 2.05) is 21.6 Å². The summed E-state index contributed by atoms with van der Waals surface area (Å²) in [5, 5.41) is 3.44. The summed E-state index contributed by atoms with van der Waals surface area (Å²) >= 11 is 0. The lowest BCUT2D eigenvalue weighted by Crippen LogP contribution is -2.19. The van der Waals surface area contributed by atoms with Crippen LogP contribution >= 0.6 is 21.6 Å². The van der Waals surface area contributed by atoms with Crippen molar-refractivity contribution >= 4 is 21.6 Å². The van der Waals surface area contributed by atoms with Gasteiger partial charge in [-0.2, -0.15) is 0 Å². The zero-order chi connectivity index (χ0) is 6.10. The van der Waals surface area contributed by atoms with E-state index in [1.54, 1.807) is 0 Å². The Balaban J connectivity index is 1.97. The molecule has 0 aromatic heterocycles. The van der Waals surface area contributed by atoms with E-state index in [0.717, 1.165) is 11.8 Å². The van der Waals surface area contributed by atoms with Crippen molar-refractivity contribution in [1.29, 1.82) is 0 Å². The highest BCUT2D eigenvalue weighted by Crippen LogP contribution is 2.37. The van der Waals surface area contributed by atoms with Crippen LogP contribution in [0.15, 0.2) is 0 Å². The standard InChI is InChI=1S/C6H11NS2/c1-5-3-8-9-4-6(5)2-7-1/h5-7H,1-4H2/t5-,6+. The Kier molecular flexibility index (Phi) is 1.93. The van der Waals surface area contributed by atoms with E-state index in [0.29, 0.717) is 0 Å². The predicted molar refractivity (Wildman–Crippen MR) is 44.8 cm³/mol. The molecule has 0 bridgehead atoms. The third kappa shape index (κ3) is 1.23. The molecule has 3 heteroatoms. The molecular weight excluding hydrogens is 150 g/mol. The van der Waals surface area contributed by atoms with E-state index in [9.17, 15) is 0 Å². The van der Waals surface area contributed by atoms with Crippen LogP contribution in [0.1, 0.15) is 0 Å². The molecule has 2 saturated heterocycles. The topological polar surface area (TPSA) is 12.0 Å². The molecule has 2 atom stereocenters. The van der Waals surface area contributed by atoms with Crippen molar-refractivity contribution in [1.82, 2.24) is 5.32 Å². The first-order valence-electron chi connectivity index (χ1n) is 3.42. The minimum Gasteiger partial charge on any atom is -0.316 e. The smallest absolute Gasteiger partial charge is 0.00808 e. The van der Waals surface area contributed by atoms with Crippen molar-refractivity contribution in [3.05, 3.63) is 0 Å². The lowest BCUT2D eigenvalue weighted by molar-refractivity contribution is 0.508. The zero-order valence-corrected chi connectivity index (χ0v) is 6.93. The molecule has 52 valence electrons. The van der Waals surface area contributed by atoms with Gasteiger partial charge in [0.05, 0.1) is 0 Å². The zero-order valence-electron chi connectivity index (χ0n) is 5.30. The molecule has 1 nitrogen and oxygen atoms in total. The average molecular weight is 161 g/mol. The Morgan fingerprint density at radius 2 is 1.56 bits per heavy atom. The third-order valence-corrected chi connectivity index (χ3v) is 4.74. The molecule has 2 aliphatic heterocycles. The Labute approximate surface area is 63.7 Å². The molecule has 0 radical (unpaired) electrons. The first kappa shape index (κ1) is 6.38. The van der Waals surface area contributed by atoms with Crippen LogP contribution in [0.2, 0.25) is 0 Å². The van der Waals surface area contributed by atoms with Crippen LogP contribution < -0.4 is 5.32 Å². The molecule has 0 aromatic carbocycles. The second-order valence-corrected chi connectivity index (χ2v) is 5.30. The highest BCUT2D eigenvalue weighted by molar-refractivity contribution is 8.76. The van der Waals surface area contributed by atoms with Crippen molar-refractivity contribution < 1.29 is 0 Å². The van der Waals surface area contributed by atoms with E-state index in [4.69, 9.17) is 0 Å². The maximum Gasteiger partial charge on any atom is 0.00808 e. The Morgan fingerprint density at radius 3 is 2.11 bits per heavy atom. The van der Waals surface area contributed by atoms with Gasteiger partial charge in [-0.15, -0.1) is 0 Å². The highest BCUT2D eigenvalue weighted by atomic mass is 33.1. The second-order valence-electron chi connectivity index (χ2n) is 2.75.